The summed E-state index contributed by atoms with van der Waals surface area (Å²) in [7, 11) is 0. The van der Waals surface area contributed by atoms with Gasteiger partial charge in [-0.25, -0.2) is 0 Å². The Labute approximate surface area is 118 Å². The minimum Gasteiger partial charge on any atom is -0.289 e. The molecule has 1 nitrogen and oxygen atoms in total. The van der Waals surface area contributed by atoms with E-state index in [4.69, 9.17) is 23.2 Å². The number of hydrogen-bond donors (Lipinski definition) is 0. The molecular formula is C15H16Cl2O. The number of Topliss-reactive ketones (excluding diaryl/α,β-unsaturated/α-hetero) is 1. The van der Waals surface area contributed by atoms with Crippen molar-refractivity contribution in [2.24, 2.45) is 0 Å². The first-order chi connectivity index (χ1) is 8.68. The zero-order valence-electron chi connectivity index (χ0n) is 10.2. The maximum atomic E-state index is 12.4. The predicted octanol–water partition coefficient (Wildman–Crippen LogP) is 5.46. The van der Waals surface area contributed by atoms with E-state index < -0.39 is 0 Å². The van der Waals surface area contributed by atoms with Gasteiger partial charge in [-0.3, -0.25) is 4.79 Å². The van der Waals surface area contributed by atoms with E-state index in [9.17, 15) is 4.79 Å². The lowest BCUT2D eigenvalue weighted by atomic mass is 9.94. The number of benzene rings is 1. The molecule has 18 heavy (non-hydrogen) atoms. The second-order valence-corrected chi connectivity index (χ2v) is 5.45. The maximum Gasteiger partial charge on any atom is 0.188 e. The predicted molar refractivity (Wildman–Crippen MR) is 76.6 cm³/mol. The molecule has 0 N–H and O–H groups in total. The Hall–Kier alpha value is -0.790. The highest BCUT2D eigenvalue weighted by atomic mass is 35.5. The van der Waals surface area contributed by atoms with Gasteiger partial charge in [-0.1, -0.05) is 42.1 Å². The first-order valence-electron chi connectivity index (χ1n) is 6.37. The molecule has 0 spiro atoms. The molecule has 0 aromatic heterocycles. The number of rotatable bonds is 2. The van der Waals surface area contributed by atoms with Crippen LogP contribution in [-0.4, -0.2) is 5.78 Å². The molecule has 0 fully saturated rings. The van der Waals surface area contributed by atoms with Crippen LogP contribution in [0, 0.1) is 0 Å². The fourth-order valence-corrected chi connectivity index (χ4v) is 2.52. The highest BCUT2D eigenvalue weighted by Gasteiger charge is 2.14. The van der Waals surface area contributed by atoms with Gasteiger partial charge in [0.05, 0.1) is 10.0 Å². The number of halogens is 2. The molecule has 1 aromatic carbocycles. The Bertz CT molecular complexity index is 477. The van der Waals surface area contributed by atoms with Crippen LogP contribution in [0.2, 0.25) is 10.0 Å². The molecule has 0 atom stereocenters. The van der Waals surface area contributed by atoms with E-state index in [1.54, 1.807) is 18.2 Å². The van der Waals surface area contributed by atoms with Gasteiger partial charge in [-0.15, -0.1) is 0 Å². The summed E-state index contributed by atoms with van der Waals surface area (Å²) in [5, 5.41) is 0.925. The van der Waals surface area contributed by atoms with Crippen LogP contribution >= 0.6 is 23.2 Å². The molecule has 0 aliphatic heterocycles. The Morgan fingerprint density at radius 1 is 1.00 bits per heavy atom. The summed E-state index contributed by atoms with van der Waals surface area (Å²) < 4.78 is 0. The van der Waals surface area contributed by atoms with Crippen molar-refractivity contribution in [3.8, 4) is 0 Å². The van der Waals surface area contributed by atoms with E-state index in [2.05, 4.69) is 6.08 Å². The number of carbonyl (C=O) groups excluding carboxylic acids is 1. The number of allylic oxidation sites excluding steroid dienone is 2. The SMILES string of the molecule is O=C(/C1=C/CCCCCC1)c1ccc(Cl)c(Cl)c1. The number of hydrogen-bond acceptors (Lipinski definition) is 1. The zero-order chi connectivity index (χ0) is 13.0. The molecule has 1 aromatic rings. The third-order valence-electron chi connectivity index (χ3n) is 3.26. The van der Waals surface area contributed by atoms with Crippen LogP contribution in [0.25, 0.3) is 0 Å². The monoisotopic (exact) mass is 282 g/mol. The average Bonchev–Trinajstić information content (AvgIpc) is 2.31. The van der Waals surface area contributed by atoms with Crippen molar-refractivity contribution in [3.05, 3.63) is 45.5 Å². The molecule has 0 heterocycles. The fourth-order valence-electron chi connectivity index (χ4n) is 2.22. The minimum absolute atomic E-state index is 0.0930. The average molecular weight is 283 g/mol. The molecule has 0 unspecified atom stereocenters. The maximum absolute atomic E-state index is 12.4. The van der Waals surface area contributed by atoms with Crippen LogP contribution in [0.4, 0.5) is 0 Å². The van der Waals surface area contributed by atoms with Gasteiger partial charge in [0.2, 0.25) is 0 Å². The molecule has 3 heteroatoms. The smallest absolute Gasteiger partial charge is 0.188 e. The van der Waals surface area contributed by atoms with Crippen LogP contribution in [-0.2, 0) is 0 Å². The van der Waals surface area contributed by atoms with E-state index in [0.717, 1.165) is 24.8 Å². The van der Waals surface area contributed by atoms with E-state index in [0.29, 0.717) is 15.6 Å². The van der Waals surface area contributed by atoms with Crippen LogP contribution in [0.15, 0.2) is 29.8 Å². The lowest BCUT2D eigenvalue weighted by molar-refractivity contribution is 0.102. The third-order valence-corrected chi connectivity index (χ3v) is 4.00. The molecular weight excluding hydrogens is 267 g/mol. The van der Waals surface area contributed by atoms with Crippen molar-refractivity contribution in [1.82, 2.24) is 0 Å². The van der Waals surface area contributed by atoms with Gasteiger partial charge in [-0.05, 0) is 49.5 Å². The summed E-state index contributed by atoms with van der Waals surface area (Å²) in [6, 6.07) is 5.09. The number of ketones is 1. The van der Waals surface area contributed by atoms with Crippen LogP contribution in [0.3, 0.4) is 0 Å². The van der Waals surface area contributed by atoms with Crippen LogP contribution < -0.4 is 0 Å². The third kappa shape index (κ3) is 3.37. The van der Waals surface area contributed by atoms with Crippen molar-refractivity contribution >= 4 is 29.0 Å². The summed E-state index contributed by atoms with van der Waals surface area (Å²) in [6.45, 7) is 0. The van der Waals surface area contributed by atoms with Crippen LogP contribution in [0.1, 0.15) is 48.9 Å². The normalized spacial score (nSPS) is 19.6. The Morgan fingerprint density at radius 2 is 1.78 bits per heavy atom. The van der Waals surface area contributed by atoms with Crippen molar-refractivity contribution < 1.29 is 4.79 Å². The van der Waals surface area contributed by atoms with Gasteiger partial charge in [0.25, 0.3) is 0 Å². The van der Waals surface area contributed by atoms with E-state index in [1.165, 1.54) is 19.3 Å². The van der Waals surface area contributed by atoms with Crippen molar-refractivity contribution in [2.75, 3.05) is 0 Å². The Balaban J connectivity index is 2.21. The van der Waals surface area contributed by atoms with Crippen molar-refractivity contribution in [3.63, 3.8) is 0 Å². The topological polar surface area (TPSA) is 17.1 Å². The lowest BCUT2D eigenvalue weighted by Gasteiger charge is -2.11. The molecule has 0 saturated heterocycles. The first kappa shape index (κ1) is 13.6. The van der Waals surface area contributed by atoms with E-state index in [-0.39, 0.29) is 5.78 Å². The minimum atomic E-state index is 0.0930. The van der Waals surface area contributed by atoms with Gasteiger partial charge in [0, 0.05) is 5.56 Å². The second kappa shape index (κ2) is 6.40. The molecule has 0 saturated carbocycles. The molecule has 0 bridgehead atoms. The summed E-state index contributed by atoms with van der Waals surface area (Å²) in [6.07, 6.45) is 8.72. The molecule has 96 valence electrons. The van der Waals surface area contributed by atoms with Gasteiger partial charge in [-0.2, -0.15) is 0 Å². The van der Waals surface area contributed by atoms with Gasteiger partial charge in [0.15, 0.2) is 5.78 Å². The largest absolute Gasteiger partial charge is 0.289 e. The van der Waals surface area contributed by atoms with E-state index >= 15 is 0 Å². The summed E-state index contributed by atoms with van der Waals surface area (Å²) in [4.78, 5) is 12.4. The van der Waals surface area contributed by atoms with Gasteiger partial charge >= 0.3 is 0 Å². The molecule has 0 radical (unpaired) electrons. The highest BCUT2D eigenvalue weighted by molar-refractivity contribution is 6.42. The Morgan fingerprint density at radius 3 is 2.56 bits per heavy atom. The quantitative estimate of drug-likeness (QED) is 0.659. The second-order valence-electron chi connectivity index (χ2n) is 4.64. The molecule has 2 rings (SSSR count). The molecule has 1 aliphatic rings. The highest BCUT2D eigenvalue weighted by Crippen LogP contribution is 2.26. The van der Waals surface area contributed by atoms with Gasteiger partial charge < -0.3 is 0 Å². The van der Waals surface area contributed by atoms with E-state index in [1.807, 2.05) is 0 Å². The molecule has 1 aliphatic carbocycles. The van der Waals surface area contributed by atoms with Crippen molar-refractivity contribution in [1.29, 1.82) is 0 Å². The standard InChI is InChI=1S/C15H16Cl2O/c16-13-9-8-12(10-14(13)17)15(18)11-6-4-2-1-3-5-7-11/h6,8-10H,1-5,7H2/b11-6+. The first-order valence-corrected chi connectivity index (χ1v) is 7.13. The summed E-state index contributed by atoms with van der Waals surface area (Å²) in [5.41, 5.74) is 1.56. The van der Waals surface area contributed by atoms with Gasteiger partial charge in [0.1, 0.15) is 0 Å². The summed E-state index contributed by atoms with van der Waals surface area (Å²) >= 11 is 11.8. The van der Waals surface area contributed by atoms with Crippen LogP contribution in [0.5, 0.6) is 0 Å². The van der Waals surface area contributed by atoms with Crippen molar-refractivity contribution in [2.45, 2.75) is 38.5 Å². The fraction of sp³-hybridized carbons (Fsp3) is 0.400. The summed E-state index contributed by atoms with van der Waals surface area (Å²) in [5.74, 6) is 0.0930. The zero-order valence-corrected chi connectivity index (χ0v) is 11.7. The lowest BCUT2D eigenvalue weighted by Crippen LogP contribution is -2.05. The Kier molecular flexibility index (Phi) is 4.85. The number of carbonyl (C=O) groups is 1. The molecule has 0 amide bonds.